The molecule has 2 rings (SSSR count). The molecule has 0 unspecified atom stereocenters. The van der Waals surface area contributed by atoms with Crippen LogP contribution >= 0.6 is 0 Å². The molecule has 0 aromatic heterocycles. The summed E-state index contributed by atoms with van der Waals surface area (Å²) in [6.07, 6.45) is 7.87. The molecular weight excluding hydrogens is 323 g/mol. The van der Waals surface area contributed by atoms with E-state index < -0.39 is 5.97 Å². The summed E-state index contributed by atoms with van der Waals surface area (Å²) in [6.45, 7) is 0.140. The van der Waals surface area contributed by atoms with Crippen LogP contribution in [0, 0.1) is 18.2 Å². The third-order valence-corrected chi connectivity index (χ3v) is 3.18. The summed E-state index contributed by atoms with van der Waals surface area (Å²) in [6, 6.07) is 11.4. The maximum atomic E-state index is 13.2. The Hall–Kier alpha value is -3.26. The highest BCUT2D eigenvalue weighted by Crippen LogP contribution is 2.29. The summed E-state index contributed by atoms with van der Waals surface area (Å²) >= 11 is 0. The summed E-state index contributed by atoms with van der Waals surface area (Å²) in [5.41, 5.74) is 1.44. The van der Waals surface area contributed by atoms with Crippen LogP contribution < -0.4 is 9.47 Å². The van der Waals surface area contributed by atoms with Crippen molar-refractivity contribution in [2.45, 2.75) is 6.61 Å². The van der Waals surface area contributed by atoms with Crippen molar-refractivity contribution in [3.63, 3.8) is 0 Å². The van der Waals surface area contributed by atoms with Crippen molar-refractivity contribution in [1.29, 1.82) is 0 Å². The minimum Gasteiger partial charge on any atom is -0.493 e. The molecule has 0 aliphatic rings. The molecule has 0 amide bonds. The van der Waals surface area contributed by atoms with Crippen LogP contribution in [0.25, 0.3) is 6.08 Å². The first-order valence-electron chi connectivity index (χ1n) is 7.46. The van der Waals surface area contributed by atoms with Gasteiger partial charge in [0, 0.05) is 6.08 Å². The average molecular weight is 340 g/mol. The molecule has 0 saturated carbocycles. The smallest absolute Gasteiger partial charge is 0.331 e. The Balaban J connectivity index is 2.04. The van der Waals surface area contributed by atoms with E-state index in [9.17, 15) is 9.18 Å². The Morgan fingerprint density at radius 2 is 2.08 bits per heavy atom. The van der Waals surface area contributed by atoms with E-state index in [-0.39, 0.29) is 19.0 Å². The maximum absolute atomic E-state index is 13.2. The van der Waals surface area contributed by atoms with E-state index in [2.05, 4.69) is 5.92 Å². The number of halogens is 1. The highest BCUT2D eigenvalue weighted by atomic mass is 19.1. The van der Waals surface area contributed by atoms with E-state index in [0.717, 1.165) is 5.56 Å². The summed E-state index contributed by atoms with van der Waals surface area (Å²) < 4.78 is 28.9. The van der Waals surface area contributed by atoms with E-state index in [4.69, 9.17) is 20.6 Å². The lowest BCUT2D eigenvalue weighted by Crippen LogP contribution is -2.00. The van der Waals surface area contributed by atoms with Crippen molar-refractivity contribution in [2.24, 2.45) is 0 Å². The zero-order valence-corrected chi connectivity index (χ0v) is 13.7. The quantitative estimate of drug-likeness (QED) is 0.439. The lowest BCUT2D eigenvalue weighted by atomic mass is 10.2. The summed E-state index contributed by atoms with van der Waals surface area (Å²) in [5, 5.41) is 0. The largest absolute Gasteiger partial charge is 0.493 e. The number of ether oxygens (including phenoxy) is 3. The number of hydrogen-bond donors (Lipinski definition) is 0. The van der Waals surface area contributed by atoms with Crippen molar-refractivity contribution in [3.8, 4) is 23.8 Å². The van der Waals surface area contributed by atoms with Gasteiger partial charge in [-0.1, -0.05) is 24.1 Å². The molecule has 0 aliphatic heterocycles. The maximum Gasteiger partial charge on any atom is 0.331 e. The first-order valence-corrected chi connectivity index (χ1v) is 7.46. The lowest BCUT2D eigenvalue weighted by Gasteiger charge is -2.11. The van der Waals surface area contributed by atoms with Gasteiger partial charge in [0.25, 0.3) is 0 Å². The third kappa shape index (κ3) is 5.70. The molecule has 0 N–H and O–H groups in total. The Kier molecular flexibility index (Phi) is 6.61. The predicted octanol–water partition coefficient (Wildman–Crippen LogP) is 3.60. The zero-order valence-electron chi connectivity index (χ0n) is 13.7. The molecule has 0 bridgehead atoms. The average Bonchev–Trinajstić information content (AvgIpc) is 2.63. The molecule has 128 valence electrons. The van der Waals surface area contributed by atoms with Crippen LogP contribution in [0.1, 0.15) is 11.1 Å². The van der Waals surface area contributed by atoms with Crippen molar-refractivity contribution >= 4 is 12.0 Å². The molecule has 0 aliphatic carbocycles. The van der Waals surface area contributed by atoms with E-state index in [0.29, 0.717) is 17.1 Å². The molecule has 5 heteroatoms. The fraction of sp³-hybridized carbons (Fsp3) is 0.150. The second-order valence-corrected chi connectivity index (χ2v) is 4.97. The van der Waals surface area contributed by atoms with Gasteiger partial charge in [0.15, 0.2) is 18.1 Å². The van der Waals surface area contributed by atoms with Crippen LogP contribution in [0.5, 0.6) is 11.5 Å². The molecule has 0 atom stereocenters. The van der Waals surface area contributed by atoms with Gasteiger partial charge in [0.1, 0.15) is 12.4 Å². The number of esters is 1. The van der Waals surface area contributed by atoms with E-state index in [1.165, 1.54) is 25.3 Å². The van der Waals surface area contributed by atoms with Gasteiger partial charge in [0.2, 0.25) is 0 Å². The van der Waals surface area contributed by atoms with Crippen LogP contribution in [0.15, 0.2) is 48.5 Å². The minimum absolute atomic E-state index is 0.0701. The summed E-state index contributed by atoms with van der Waals surface area (Å²) in [4.78, 5) is 11.4. The fourth-order valence-electron chi connectivity index (χ4n) is 2.02. The zero-order chi connectivity index (χ0) is 18.1. The van der Waals surface area contributed by atoms with Crippen molar-refractivity contribution in [1.82, 2.24) is 0 Å². The molecule has 25 heavy (non-hydrogen) atoms. The molecular formula is C20H17FO4. The van der Waals surface area contributed by atoms with Gasteiger partial charge in [-0.3, -0.25) is 0 Å². The van der Waals surface area contributed by atoms with E-state index in [1.54, 1.807) is 36.4 Å². The monoisotopic (exact) mass is 340 g/mol. The lowest BCUT2D eigenvalue weighted by molar-refractivity contribution is -0.136. The molecule has 0 spiro atoms. The highest BCUT2D eigenvalue weighted by Gasteiger charge is 2.06. The number of benzene rings is 2. The first-order chi connectivity index (χ1) is 12.1. The van der Waals surface area contributed by atoms with Gasteiger partial charge in [-0.05, 0) is 41.5 Å². The molecule has 0 saturated heterocycles. The third-order valence-electron chi connectivity index (χ3n) is 3.18. The topological polar surface area (TPSA) is 44.8 Å². The number of terminal acetylenes is 1. The van der Waals surface area contributed by atoms with Gasteiger partial charge in [0.05, 0.1) is 7.11 Å². The number of carbonyl (C=O) groups is 1. The van der Waals surface area contributed by atoms with E-state index in [1.807, 2.05) is 0 Å². The molecule has 2 aromatic rings. The number of rotatable bonds is 7. The second-order valence-electron chi connectivity index (χ2n) is 4.97. The SMILES string of the molecule is C#CCOC(=O)/C=C/c1ccc(OCc2cccc(F)c2)c(OC)c1. The second kappa shape index (κ2) is 9.14. The van der Waals surface area contributed by atoms with Gasteiger partial charge >= 0.3 is 5.97 Å². The molecule has 0 radical (unpaired) electrons. The van der Waals surface area contributed by atoms with E-state index >= 15 is 0 Å². The van der Waals surface area contributed by atoms with Gasteiger partial charge in [-0.15, -0.1) is 6.42 Å². The van der Waals surface area contributed by atoms with Crippen molar-refractivity contribution in [2.75, 3.05) is 13.7 Å². The fourth-order valence-corrected chi connectivity index (χ4v) is 2.02. The highest BCUT2D eigenvalue weighted by molar-refractivity contribution is 5.87. The van der Waals surface area contributed by atoms with Crippen LogP contribution in [-0.2, 0) is 16.1 Å². The number of methoxy groups -OCH3 is 1. The molecule has 2 aromatic carbocycles. The Labute approximate surface area is 145 Å². The minimum atomic E-state index is -0.525. The number of carbonyl (C=O) groups excluding carboxylic acids is 1. The van der Waals surface area contributed by atoms with Crippen LogP contribution in [0.4, 0.5) is 4.39 Å². The molecule has 0 heterocycles. The van der Waals surface area contributed by atoms with Crippen LogP contribution in [0.3, 0.4) is 0 Å². The van der Waals surface area contributed by atoms with Crippen molar-refractivity contribution in [3.05, 3.63) is 65.5 Å². The van der Waals surface area contributed by atoms with Crippen molar-refractivity contribution < 1.29 is 23.4 Å². The molecule has 0 fully saturated rings. The van der Waals surface area contributed by atoms with Crippen LogP contribution in [0.2, 0.25) is 0 Å². The normalized spacial score (nSPS) is 10.3. The summed E-state index contributed by atoms with van der Waals surface area (Å²) in [7, 11) is 1.51. The van der Waals surface area contributed by atoms with Gasteiger partial charge in [-0.2, -0.15) is 0 Å². The standard InChI is InChI=1S/C20H17FO4/c1-3-11-24-20(22)10-8-15-7-9-18(19(13-15)23-2)25-14-16-5-4-6-17(21)12-16/h1,4-10,12-13H,11,14H2,2H3/b10-8+. The summed E-state index contributed by atoms with van der Waals surface area (Å²) in [5.74, 6) is 2.39. The molecule has 4 nitrogen and oxygen atoms in total. The predicted molar refractivity (Wildman–Crippen MR) is 92.6 cm³/mol. The van der Waals surface area contributed by atoms with Gasteiger partial charge < -0.3 is 14.2 Å². The Morgan fingerprint density at radius 3 is 2.80 bits per heavy atom. The van der Waals surface area contributed by atoms with Crippen LogP contribution in [-0.4, -0.2) is 19.7 Å². The number of hydrogen-bond acceptors (Lipinski definition) is 4. The Bertz CT molecular complexity index is 806. The van der Waals surface area contributed by atoms with Gasteiger partial charge in [-0.25, -0.2) is 9.18 Å². The first kappa shape index (κ1) is 18.1. The Morgan fingerprint density at radius 1 is 1.24 bits per heavy atom.